The first-order valence-corrected chi connectivity index (χ1v) is 16.7. The molecule has 1 aliphatic carbocycles. The van der Waals surface area contributed by atoms with Crippen LogP contribution in [0.1, 0.15) is 57.3 Å². The summed E-state index contributed by atoms with van der Waals surface area (Å²) in [5.74, 6) is -2.25. The van der Waals surface area contributed by atoms with Crippen LogP contribution in [-0.4, -0.2) is 70.7 Å². The van der Waals surface area contributed by atoms with Gasteiger partial charge in [-0.2, -0.15) is 0 Å². The number of rotatable bonds is 10. The number of ether oxygens (including phenoxy) is 3. The van der Waals surface area contributed by atoms with Gasteiger partial charge in [-0.1, -0.05) is 78.9 Å². The van der Waals surface area contributed by atoms with Crippen molar-refractivity contribution in [1.29, 1.82) is 0 Å². The molecule has 0 saturated carbocycles. The summed E-state index contributed by atoms with van der Waals surface area (Å²) in [6.07, 6.45) is 4.99. The first kappa shape index (κ1) is 34.5. The summed E-state index contributed by atoms with van der Waals surface area (Å²) in [7, 11) is 1.25. The Morgan fingerprint density at radius 1 is 0.979 bits per heavy atom. The standard InChI is InChI=1S/C36H39N3O8S/c1-36(2,3)47-35(44)38-27(22-14-8-5-9-15-22)31(41)37-28-32(42)39-29(25(20-26(40)45-4)21-48-33(28)39)34(43)46-30(23-16-10-6-11-17-23)24-18-12-7-13-19-24/h5-8,10-13,15-19,27-28,30,33H,9,14,20-21H2,1-4H3,(H,37,41)(H,38,44)/t27?,28-,33+/m1/s1. The summed E-state index contributed by atoms with van der Waals surface area (Å²) in [5.41, 5.74) is 1.68. The van der Waals surface area contributed by atoms with Crippen LogP contribution in [0, 0.1) is 0 Å². The third-order valence-electron chi connectivity index (χ3n) is 7.88. The number of nitrogens with zero attached hydrogens (tertiary/aromatic N) is 1. The third kappa shape index (κ3) is 7.99. The molecule has 2 aliphatic heterocycles. The molecule has 252 valence electrons. The maximum absolute atomic E-state index is 14.1. The summed E-state index contributed by atoms with van der Waals surface area (Å²) in [4.78, 5) is 67.9. The predicted octanol–water partition coefficient (Wildman–Crippen LogP) is 4.71. The van der Waals surface area contributed by atoms with Gasteiger partial charge in [0.25, 0.3) is 5.91 Å². The molecule has 1 fully saturated rings. The number of amides is 3. The van der Waals surface area contributed by atoms with Crippen molar-refractivity contribution in [2.24, 2.45) is 0 Å². The highest BCUT2D eigenvalue weighted by Crippen LogP contribution is 2.42. The van der Waals surface area contributed by atoms with Crippen LogP contribution in [0.2, 0.25) is 0 Å². The maximum Gasteiger partial charge on any atom is 0.408 e. The summed E-state index contributed by atoms with van der Waals surface area (Å²) in [5, 5.41) is 4.80. The number of thioether (sulfide) groups is 1. The average molecular weight is 674 g/mol. The zero-order valence-corrected chi connectivity index (χ0v) is 28.1. The van der Waals surface area contributed by atoms with Crippen molar-refractivity contribution in [3.05, 3.63) is 107 Å². The van der Waals surface area contributed by atoms with Crippen molar-refractivity contribution in [2.75, 3.05) is 12.9 Å². The third-order valence-corrected chi connectivity index (χ3v) is 9.22. The number of hydrogen-bond acceptors (Lipinski definition) is 9. The van der Waals surface area contributed by atoms with Crippen LogP contribution in [0.5, 0.6) is 0 Å². The SMILES string of the molecule is COC(=O)CC1=C(C(=O)OC(c2ccccc2)c2ccccc2)N2C(=O)[C@@H](NC(=O)C(NC(=O)OC(C)(C)C)C3=CCC=CC3)[C@@H]2SC1. The van der Waals surface area contributed by atoms with E-state index >= 15 is 0 Å². The van der Waals surface area contributed by atoms with Crippen molar-refractivity contribution < 1.29 is 38.2 Å². The largest absolute Gasteiger partial charge is 0.469 e. The number of alkyl carbamates (subject to hydrolysis) is 1. The van der Waals surface area contributed by atoms with E-state index in [9.17, 15) is 24.0 Å². The van der Waals surface area contributed by atoms with Crippen molar-refractivity contribution in [3.8, 4) is 0 Å². The first-order chi connectivity index (χ1) is 23.0. The quantitative estimate of drug-likeness (QED) is 0.159. The second-order valence-corrected chi connectivity index (χ2v) is 13.6. The molecular formula is C36H39N3O8S. The molecule has 11 nitrogen and oxygen atoms in total. The molecule has 2 aromatic carbocycles. The molecule has 0 radical (unpaired) electrons. The van der Waals surface area contributed by atoms with Gasteiger partial charge in [0, 0.05) is 5.75 Å². The van der Waals surface area contributed by atoms with Crippen LogP contribution in [0.3, 0.4) is 0 Å². The zero-order valence-electron chi connectivity index (χ0n) is 27.3. The second kappa shape index (κ2) is 14.9. The average Bonchev–Trinajstić information content (AvgIpc) is 3.08. The van der Waals surface area contributed by atoms with E-state index in [0.717, 1.165) is 11.1 Å². The van der Waals surface area contributed by atoms with Crippen molar-refractivity contribution in [2.45, 2.75) is 69.2 Å². The van der Waals surface area contributed by atoms with Crippen LogP contribution in [-0.2, 0) is 33.4 Å². The molecule has 5 rings (SSSR count). The molecule has 0 aromatic heterocycles. The fourth-order valence-corrected chi connectivity index (χ4v) is 6.99. The predicted molar refractivity (Wildman–Crippen MR) is 179 cm³/mol. The first-order valence-electron chi connectivity index (χ1n) is 15.6. The van der Waals surface area contributed by atoms with E-state index in [1.807, 2.05) is 78.9 Å². The minimum absolute atomic E-state index is 0.0416. The highest BCUT2D eigenvalue weighted by atomic mass is 32.2. The Labute approximate surface area is 283 Å². The van der Waals surface area contributed by atoms with Crippen LogP contribution in [0.15, 0.2) is 95.7 Å². The minimum atomic E-state index is -1.08. The molecule has 0 bridgehead atoms. The van der Waals surface area contributed by atoms with Gasteiger partial charge in [0.2, 0.25) is 5.91 Å². The lowest BCUT2D eigenvalue weighted by Gasteiger charge is -2.50. The van der Waals surface area contributed by atoms with Crippen LogP contribution >= 0.6 is 11.8 Å². The number of benzene rings is 2. The lowest BCUT2D eigenvalue weighted by Crippen LogP contribution is -2.71. The smallest absolute Gasteiger partial charge is 0.408 e. The fraction of sp³-hybridized carbons (Fsp3) is 0.361. The summed E-state index contributed by atoms with van der Waals surface area (Å²) < 4.78 is 16.4. The van der Waals surface area contributed by atoms with E-state index in [1.54, 1.807) is 20.8 Å². The second-order valence-electron chi connectivity index (χ2n) is 12.5. The molecule has 1 saturated heterocycles. The number of hydrogen-bond donors (Lipinski definition) is 2. The number of allylic oxidation sites excluding steroid dienone is 3. The molecule has 2 heterocycles. The van der Waals surface area contributed by atoms with Gasteiger partial charge in [0.05, 0.1) is 13.5 Å². The number of carbonyl (C=O) groups is 5. The number of β-lactam (4-membered cyclic amide) rings is 1. The topological polar surface area (TPSA) is 140 Å². The molecule has 3 amide bonds. The fourth-order valence-electron chi connectivity index (χ4n) is 5.64. The Bertz CT molecular complexity index is 1610. The number of carbonyl (C=O) groups excluding carboxylic acids is 5. The minimum Gasteiger partial charge on any atom is -0.469 e. The number of nitrogens with one attached hydrogen (secondary N) is 2. The van der Waals surface area contributed by atoms with E-state index in [2.05, 4.69) is 10.6 Å². The van der Waals surface area contributed by atoms with Gasteiger partial charge < -0.3 is 24.8 Å². The Morgan fingerprint density at radius 3 is 2.19 bits per heavy atom. The van der Waals surface area contributed by atoms with Crippen molar-refractivity contribution >= 4 is 41.6 Å². The number of esters is 2. The summed E-state index contributed by atoms with van der Waals surface area (Å²) in [6.45, 7) is 5.16. The molecule has 2 aromatic rings. The Morgan fingerprint density at radius 2 is 1.62 bits per heavy atom. The summed E-state index contributed by atoms with van der Waals surface area (Å²) in [6, 6.07) is 16.4. The Hall–Kier alpha value is -4.84. The van der Waals surface area contributed by atoms with Gasteiger partial charge >= 0.3 is 18.0 Å². The van der Waals surface area contributed by atoms with Gasteiger partial charge in [-0.25, -0.2) is 9.59 Å². The van der Waals surface area contributed by atoms with Crippen LogP contribution < -0.4 is 10.6 Å². The van der Waals surface area contributed by atoms with Gasteiger partial charge in [0.1, 0.15) is 28.8 Å². The molecule has 2 N–H and O–H groups in total. The molecule has 48 heavy (non-hydrogen) atoms. The van der Waals surface area contributed by atoms with E-state index in [1.165, 1.54) is 23.8 Å². The number of fused-ring (bicyclic) bond motifs is 1. The normalized spacial score (nSPS) is 19.4. The molecule has 12 heteroatoms. The lowest BCUT2D eigenvalue weighted by atomic mass is 9.96. The van der Waals surface area contributed by atoms with E-state index in [4.69, 9.17) is 14.2 Å². The molecule has 3 atom stereocenters. The van der Waals surface area contributed by atoms with Gasteiger partial charge in [-0.15, -0.1) is 11.8 Å². The summed E-state index contributed by atoms with van der Waals surface area (Å²) >= 11 is 1.31. The molecule has 3 aliphatic rings. The highest BCUT2D eigenvalue weighted by Gasteiger charge is 2.55. The molecule has 0 spiro atoms. The van der Waals surface area contributed by atoms with Crippen molar-refractivity contribution in [1.82, 2.24) is 15.5 Å². The van der Waals surface area contributed by atoms with Crippen molar-refractivity contribution in [3.63, 3.8) is 0 Å². The highest BCUT2D eigenvalue weighted by molar-refractivity contribution is 8.00. The van der Waals surface area contributed by atoms with Crippen LogP contribution in [0.4, 0.5) is 4.79 Å². The maximum atomic E-state index is 14.1. The van der Waals surface area contributed by atoms with Gasteiger partial charge in [-0.3, -0.25) is 19.3 Å². The zero-order chi connectivity index (χ0) is 34.4. The Kier molecular flexibility index (Phi) is 10.7. The Balaban J connectivity index is 1.39. The van der Waals surface area contributed by atoms with Crippen LogP contribution in [0.25, 0.3) is 0 Å². The van der Waals surface area contributed by atoms with E-state index in [-0.39, 0.29) is 17.9 Å². The number of methoxy groups -OCH3 is 1. The lowest BCUT2D eigenvalue weighted by molar-refractivity contribution is -0.155. The van der Waals surface area contributed by atoms with Gasteiger partial charge in [0.15, 0.2) is 6.10 Å². The molecule has 1 unspecified atom stereocenters. The van der Waals surface area contributed by atoms with E-state index in [0.29, 0.717) is 24.0 Å². The van der Waals surface area contributed by atoms with Gasteiger partial charge in [-0.05, 0) is 55.9 Å². The molecular weight excluding hydrogens is 634 g/mol. The van der Waals surface area contributed by atoms with E-state index < -0.39 is 59.0 Å². The monoisotopic (exact) mass is 673 g/mol.